The Morgan fingerprint density at radius 3 is 2.57 bits per heavy atom. The molecule has 0 unspecified atom stereocenters. The maximum atomic E-state index is 13.5. The fraction of sp³-hybridized carbons (Fsp3) is 0.235. The van der Waals surface area contributed by atoms with Crippen molar-refractivity contribution >= 4 is 23.6 Å². The summed E-state index contributed by atoms with van der Waals surface area (Å²) >= 11 is 0. The van der Waals surface area contributed by atoms with Gasteiger partial charge in [0.25, 0.3) is 0 Å². The quantitative estimate of drug-likeness (QED) is 0.882. The molecule has 0 atom stereocenters. The molecule has 1 fully saturated rings. The van der Waals surface area contributed by atoms with E-state index in [0.29, 0.717) is 17.2 Å². The molecule has 118 valence electrons. The second kappa shape index (κ2) is 7.00. The van der Waals surface area contributed by atoms with Crippen molar-refractivity contribution in [3.63, 3.8) is 0 Å². The van der Waals surface area contributed by atoms with Crippen LogP contribution in [-0.4, -0.2) is 29.0 Å². The predicted molar refractivity (Wildman–Crippen MR) is 87.5 cm³/mol. The van der Waals surface area contributed by atoms with Crippen LogP contribution in [0.15, 0.2) is 42.7 Å². The summed E-state index contributed by atoms with van der Waals surface area (Å²) < 4.78 is 13.5. The van der Waals surface area contributed by atoms with Crippen molar-refractivity contribution in [1.29, 1.82) is 0 Å². The molecule has 2 aromatic rings. The minimum absolute atomic E-state index is 0.356. The molecule has 1 aliphatic rings. The highest BCUT2D eigenvalue weighted by atomic mass is 19.1. The third-order valence-electron chi connectivity index (χ3n) is 3.61. The third-order valence-corrected chi connectivity index (χ3v) is 3.61. The molecule has 0 bridgehead atoms. The molecule has 1 aliphatic heterocycles. The van der Waals surface area contributed by atoms with Crippen molar-refractivity contribution in [3.8, 4) is 0 Å². The van der Waals surface area contributed by atoms with Crippen molar-refractivity contribution in [1.82, 2.24) is 9.97 Å². The highest BCUT2D eigenvalue weighted by Crippen LogP contribution is 2.16. The third kappa shape index (κ3) is 3.91. The van der Waals surface area contributed by atoms with Gasteiger partial charge in [0.1, 0.15) is 5.82 Å². The number of nitrogens with zero attached hydrogens (tertiary/aromatic N) is 3. The molecule has 1 aromatic heterocycles. The number of carbonyl (C=O) groups excluding carboxylic acids is 1. The number of nitrogens with one attached hydrogen (secondary N) is 1. The fourth-order valence-electron chi connectivity index (χ4n) is 2.43. The smallest absolute Gasteiger partial charge is 0.248 e. The van der Waals surface area contributed by atoms with Gasteiger partial charge < -0.3 is 10.2 Å². The zero-order chi connectivity index (χ0) is 16.1. The normalized spacial score (nSPS) is 14.4. The molecule has 3 rings (SSSR count). The first-order valence-electron chi connectivity index (χ1n) is 7.53. The number of anilines is 2. The molecule has 1 saturated heterocycles. The van der Waals surface area contributed by atoms with Crippen LogP contribution in [0.1, 0.15) is 18.4 Å². The van der Waals surface area contributed by atoms with Gasteiger partial charge in [-0.1, -0.05) is 18.2 Å². The standard InChI is InChI=1S/C17H17FN4O/c18-15-6-2-1-5-13(15)7-8-16(23)21-14-11-19-17(20-12-14)22-9-3-4-10-22/h1-2,5-8,11-12H,3-4,9-10H2,(H,21,23)/b8-7+. The molecule has 1 aromatic carbocycles. The van der Waals surface area contributed by atoms with Crippen LogP contribution in [0.3, 0.4) is 0 Å². The molecule has 0 aliphatic carbocycles. The van der Waals surface area contributed by atoms with Gasteiger partial charge in [-0.15, -0.1) is 0 Å². The second-order valence-electron chi connectivity index (χ2n) is 5.31. The first-order chi connectivity index (χ1) is 11.2. The number of amides is 1. The number of aromatic nitrogens is 2. The Hall–Kier alpha value is -2.76. The molecule has 0 saturated carbocycles. The van der Waals surface area contributed by atoms with Crippen molar-refractivity contribution in [2.45, 2.75) is 12.8 Å². The predicted octanol–water partition coefficient (Wildman–Crippen LogP) is 2.87. The lowest BCUT2D eigenvalue weighted by molar-refractivity contribution is -0.111. The van der Waals surface area contributed by atoms with Crippen LogP contribution in [0, 0.1) is 5.82 Å². The summed E-state index contributed by atoms with van der Waals surface area (Å²) in [6, 6.07) is 6.27. The van der Waals surface area contributed by atoms with Crippen LogP contribution in [0.5, 0.6) is 0 Å². The van der Waals surface area contributed by atoms with Crippen LogP contribution >= 0.6 is 0 Å². The lowest BCUT2D eigenvalue weighted by Gasteiger charge is -2.14. The van der Waals surface area contributed by atoms with E-state index in [1.807, 2.05) is 0 Å². The number of hydrogen-bond acceptors (Lipinski definition) is 4. The van der Waals surface area contributed by atoms with Crippen LogP contribution in [0.2, 0.25) is 0 Å². The number of halogens is 1. The van der Waals surface area contributed by atoms with E-state index in [-0.39, 0.29) is 11.7 Å². The molecule has 0 radical (unpaired) electrons. The van der Waals surface area contributed by atoms with E-state index in [9.17, 15) is 9.18 Å². The average Bonchev–Trinajstić information content (AvgIpc) is 3.09. The van der Waals surface area contributed by atoms with Gasteiger partial charge in [0.15, 0.2) is 0 Å². The zero-order valence-electron chi connectivity index (χ0n) is 12.6. The van der Waals surface area contributed by atoms with E-state index < -0.39 is 0 Å². The van der Waals surface area contributed by atoms with Gasteiger partial charge in [0.05, 0.1) is 18.1 Å². The Kier molecular flexibility index (Phi) is 4.61. The van der Waals surface area contributed by atoms with Crippen molar-refractivity contribution in [2.75, 3.05) is 23.3 Å². The second-order valence-corrected chi connectivity index (χ2v) is 5.31. The Morgan fingerprint density at radius 2 is 1.87 bits per heavy atom. The summed E-state index contributed by atoms with van der Waals surface area (Å²) in [5, 5.41) is 2.66. The first-order valence-corrected chi connectivity index (χ1v) is 7.53. The van der Waals surface area contributed by atoms with Gasteiger partial charge in [0.2, 0.25) is 11.9 Å². The van der Waals surface area contributed by atoms with Crippen LogP contribution in [0.25, 0.3) is 6.08 Å². The largest absolute Gasteiger partial charge is 0.341 e. The van der Waals surface area contributed by atoms with Gasteiger partial charge in [-0.05, 0) is 25.0 Å². The van der Waals surface area contributed by atoms with Gasteiger partial charge in [-0.25, -0.2) is 14.4 Å². The Balaban J connectivity index is 1.60. The van der Waals surface area contributed by atoms with Crippen molar-refractivity contribution in [2.24, 2.45) is 0 Å². The summed E-state index contributed by atoms with van der Waals surface area (Å²) in [5.74, 6) is -0.0389. The topological polar surface area (TPSA) is 58.1 Å². The van der Waals surface area contributed by atoms with E-state index in [1.54, 1.807) is 30.6 Å². The van der Waals surface area contributed by atoms with E-state index in [2.05, 4.69) is 20.2 Å². The summed E-state index contributed by atoms with van der Waals surface area (Å²) in [5.41, 5.74) is 0.874. The van der Waals surface area contributed by atoms with Crippen molar-refractivity contribution in [3.05, 3.63) is 54.1 Å². The zero-order valence-corrected chi connectivity index (χ0v) is 12.6. The molecule has 0 spiro atoms. The molecule has 6 heteroatoms. The Morgan fingerprint density at radius 1 is 1.17 bits per heavy atom. The summed E-state index contributed by atoms with van der Waals surface area (Å²) in [6.07, 6.45) is 8.19. The van der Waals surface area contributed by atoms with Gasteiger partial charge in [-0.2, -0.15) is 0 Å². The monoisotopic (exact) mass is 312 g/mol. The summed E-state index contributed by atoms with van der Waals surface area (Å²) in [6.45, 7) is 1.94. The fourth-order valence-corrected chi connectivity index (χ4v) is 2.43. The maximum absolute atomic E-state index is 13.5. The van der Waals surface area contributed by atoms with Crippen LogP contribution < -0.4 is 10.2 Å². The summed E-state index contributed by atoms with van der Waals surface area (Å²) in [7, 11) is 0. The number of rotatable bonds is 4. The van der Waals surface area contributed by atoms with Crippen molar-refractivity contribution < 1.29 is 9.18 Å². The highest BCUT2D eigenvalue weighted by molar-refractivity contribution is 6.01. The van der Waals surface area contributed by atoms with E-state index >= 15 is 0 Å². The maximum Gasteiger partial charge on any atom is 0.248 e. The molecule has 1 amide bonds. The molecule has 5 nitrogen and oxygen atoms in total. The summed E-state index contributed by atoms with van der Waals surface area (Å²) in [4.78, 5) is 22.5. The minimum atomic E-state index is -0.366. The minimum Gasteiger partial charge on any atom is -0.341 e. The molecule has 23 heavy (non-hydrogen) atoms. The highest BCUT2D eigenvalue weighted by Gasteiger charge is 2.14. The van der Waals surface area contributed by atoms with E-state index in [1.165, 1.54) is 18.2 Å². The van der Waals surface area contributed by atoms with Gasteiger partial charge in [-0.3, -0.25) is 4.79 Å². The van der Waals surface area contributed by atoms with Gasteiger partial charge >= 0.3 is 0 Å². The average molecular weight is 312 g/mol. The molecule has 2 heterocycles. The Labute approximate surface area is 133 Å². The first kappa shape index (κ1) is 15.1. The molecule has 1 N–H and O–H groups in total. The molecular weight excluding hydrogens is 295 g/mol. The van der Waals surface area contributed by atoms with E-state index in [4.69, 9.17) is 0 Å². The number of benzene rings is 1. The Bertz CT molecular complexity index is 709. The lowest BCUT2D eigenvalue weighted by Crippen LogP contribution is -2.20. The number of hydrogen-bond donors (Lipinski definition) is 1. The van der Waals surface area contributed by atoms with Crippen LogP contribution in [-0.2, 0) is 4.79 Å². The van der Waals surface area contributed by atoms with E-state index in [0.717, 1.165) is 25.9 Å². The lowest BCUT2D eigenvalue weighted by atomic mass is 10.2. The van der Waals surface area contributed by atoms with Gasteiger partial charge in [0, 0.05) is 24.7 Å². The molecular formula is C17H17FN4O. The number of carbonyl (C=O) groups is 1. The SMILES string of the molecule is O=C(/C=C/c1ccccc1F)Nc1cnc(N2CCCC2)nc1. The van der Waals surface area contributed by atoms with Crippen LogP contribution in [0.4, 0.5) is 16.0 Å².